The normalized spacial score (nSPS) is 13.1. The molecule has 0 N–H and O–H groups in total. The fourth-order valence-electron chi connectivity index (χ4n) is 3.26. The molecule has 0 aliphatic rings. The van der Waals surface area contributed by atoms with E-state index in [0.29, 0.717) is 17.7 Å². The smallest absolute Gasteiger partial charge is 0.424 e. The molecule has 6 nitrogen and oxygen atoms in total. The molecule has 2 aromatic rings. The number of benzene rings is 1. The molecule has 1 heterocycles. The van der Waals surface area contributed by atoms with E-state index in [0.717, 1.165) is 12.8 Å². The van der Waals surface area contributed by atoms with Gasteiger partial charge in [0.25, 0.3) is 0 Å². The van der Waals surface area contributed by atoms with Crippen LogP contribution in [-0.4, -0.2) is 30.0 Å². The molecule has 32 heavy (non-hydrogen) atoms. The fourth-order valence-corrected chi connectivity index (χ4v) is 3.88. The number of carbonyl (C=O) groups is 1. The molecule has 1 aromatic heterocycles. The molecule has 0 saturated heterocycles. The molecule has 1 unspecified atom stereocenters. The van der Waals surface area contributed by atoms with Crippen molar-refractivity contribution in [1.29, 1.82) is 0 Å². The van der Waals surface area contributed by atoms with Crippen molar-refractivity contribution < 1.29 is 32.2 Å². The molecule has 1 atom stereocenters. The number of ether oxygens (including phenoxy) is 3. The minimum atomic E-state index is -4.66. The number of alkyl halides is 3. The Balaban J connectivity index is 2.39. The topological polar surface area (TPSA) is 62.6 Å². The lowest BCUT2D eigenvalue weighted by Gasteiger charge is -2.13. The van der Waals surface area contributed by atoms with E-state index in [4.69, 9.17) is 14.2 Å². The molecule has 0 aliphatic heterocycles. The van der Waals surface area contributed by atoms with Gasteiger partial charge in [-0.2, -0.15) is 13.2 Å². The summed E-state index contributed by atoms with van der Waals surface area (Å²) < 4.78 is 57.6. The third-order valence-electron chi connectivity index (χ3n) is 4.72. The van der Waals surface area contributed by atoms with Crippen molar-refractivity contribution >= 4 is 27.5 Å². The molecule has 0 saturated carbocycles. The summed E-state index contributed by atoms with van der Waals surface area (Å²) >= 11 is 3.04. The molecule has 0 fully saturated rings. The first kappa shape index (κ1) is 25.8. The number of rotatable bonds is 10. The van der Waals surface area contributed by atoms with Crippen LogP contribution in [0.25, 0.3) is 5.57 Å². The van der Waals surface area contributed by atoms with Gasteiger partial charge in [0, 0.05) is 6.54 Å². The number of carbonyl (C=O) groups excluding carboxylic acids is 1. The highest BCUT2D eigenvalue weighted by Gasteiger charge is 2.41. The summed E-state index contributed by atoms with van der Waals surface area (Å²) in [5.41, 5.74) is 0.0359. The summed E-state index contributed by atoms with van der Waals surface area (Å²) in [4.78, 5) is 12.1. The predicted molar refractivity (Wildman–Crippen MR) is 117 cm³/mol. The number of aromatic nitrogens is 2. The van der Waals surface area contributed by atoms with Gasteiger partial charge in [-0.05, 0) is 39.4 Å². The SMILES string of the molecule is CCCC(C)Cn1nc(OCc2ccccc2/C(=C\OC)C(=O)OC)c(C(F)(F)F)c1Br. The number of halogens is 4. The van der Waals surface area contributed by atoms with E-state index >= 15 is 0 Å². The number of methoxy groups -OCH3 is 2. The molecule has 10 heteroatoms. The lowest BCUT2D eigenvalue weighted by atomic mass is 10.0. The second-order valence-electron chi connectivity index (χ2n) is 7.25. The molecular formula is C22H26BrF3N2O4. The third-order valence-corrected chi connectivity index (χ3v) is 5.53. The summed E-state index contributed by atoms with van der Waals surface area (Å²) in [6, 6.07) is 6.65. The minimum absolute atomic E-state index is 0.116. The zero-order valence-electron chi connectivity index (χ0n) is 18.3. The number of esters is 1. The Kier molecular flexibility index (Phi) is 9.18. The van der Waals surface area contributed by atoms with Crippen LogP contribution in [0.3, 0.4) is 0 Å². The Labute approximate surface area is 193 Å². The third kappa shape index (κ3) is 6.27. The van der Waals surface area contributed by atoms with Gasteiger partial charge in [-0.15, -0.1) is 5.10 Å². The highest BCUT2D eigenvalue weighted by molar-refractivity contribution is 9.10. The lowest BCUT2D eigenvalue weighted by Crippen LogP contribution is -2.11. The summed E-state index contributed by atoms with van der Waals surface area (Å²) in [7, 11) is 2.60. The van der Waals surface area contributed by atoms with Crippen molar-refractivity contribution in [1.82, 2.24) is 9.78 Å². The van der Waals surface area contributed by atoms with Crippen LogP contribution in [0.2, 0.25) is 0 Å². The molecule has 1 aromatic carbocycles. The van der Waals surface area contributed by atoms with Crippen molar-refractivity contribution in [2.45, 2.75) is 46.0 Å². The Hall–Kier alpha value is -2.49. The van der Waals surface area contributed by atoms with Crippen molar-refractivity contribution in [2.75, 3.05) is 14.2 Å². The minimum Gasteiger partial charge on any atom is -0.503 e. The van der Waals surface area contributed by atoms with E-state index in [9.17, 15) is 18.0 Å². The largest absolute Gasteiger partial charge is 0.503 e. The maximum absolute atomic E-state index is 13.7. The van der Waals surface area contributed by atoms with Crippen LogP contribution in [0.4, 0.5) is 13.2 Å². The molecule has 2 rings (SSSR count). The van der Waals surface area contributed by atoms with Crippen molar-refractivity contribution in [3.8, 4) is 5.88 Å². The van der Waals surface area contributed by atoms with Crippen LogP contribution in [-0.2, 0) is 33.6 Å². The number of nitrogens with zero attached hydrogens (tertiary/aromatic N) is 2. The summed E-state index contributed by atoms with van der Waals surface area (Å²) in [5.74, 6) is -1.03. The highest BCUT2D eigenvalue weighted by Crippen LogP contribution is 2.41. The van der Waals surface area contributed by atoms with Crippen LogP contribution in [0, 0.1) is 5.92 Å². The average Bonchev–Trinajstić information content (AvgIpc) is 3.05. The molecule has 0 spiro atoms. The molecule has 176 valence electrons. The van der Waals surface area contributed by atoms with Gasteiger partial charge in [-0.1, -0.05) is 44.5 Å². The summed E-state index contributed by atoms with van der Waals surface area (Å²) in [5, 5.41) is 4.07. The van der Waals surface area contributed by atoms with Gasteiger partial charge in [0.15, 0.2) is 5.56 Å². The van der Waals surface area contributed by atoms with Crippen molar-refractivity contribution in [2.24, 2.45) is 5.92 Å². The number of hydrogen-bond acceptors (Lipinski definition) is 5. The van der Waals surface area contributed by atoms with E-state index < -0.39 is 23.6 Å². The second-order valence-corrected chi connectivity index (χ2v) is 8.00. The highest BCUT2D eigenvalue weighted by atomic mass is 79.9. The first-order chi connectivity index (χ1) is 15.1. The second kappa shape index (κ2) is 11.4. The first-order valence-corrected chi connectivity index (χ1v) is 10.8. The molecule has 0 amide bonds. The zero-order valence-corrected chi connectivity index (χ0v) is 19.9. The Morgan fingerprint density at radius 3 is 2.56 bits per heavy atom. The Bertz CT molecular complexity index is 957. The average molecular weight is 519 g/mol. The van der Waals surface area contributed by atoms with E-state index in [1.165, 1.54) is 25.2 Å². The molecule has 0 aliphatic carbocycles. The van der Waals surface area contributed by atoms with Crippen LogP contribution >= 0.6 is 15.9 Å². The summed E-state index contributed by atoms with van der Waals surface area (Å²) in [6.45, 7) is 4.05. The maximum Gasteiger partial charge on any atom is 0.424 e. The Morgan fingerprint density at radius 2 is 1.97 bits per heavy atom. The van der Waals surface area contributed by atoms with Gasteiger partial charge >= 0.3 is 12.1 Å². The number of hydrogen-bond donors (Lipinski definition) is 0. The van der Waals surface area contributed by atoms with Gasteiger partial charge in [0.2, 0.25) is 5.88 Å². The Morgan fingerprint density at radius 1 is 1.28 bits per heavy atom. The van der Waals surface area contributed by atoms with Crippen molar-refractivity contribution in [3.63, 3.8) is 0 Å². The van der Waals surface area contributed by atoms with Crippen molar-refractivity contribution in [3.05, 3.63) is 51.8 Å². The van der Waals surface area contributed by atoms with E-state index in [1.54, 1.807) is 24.3 Å². The fraction of sp³-hybridized carbons (Fsp3) is 0.455. The summed E-state index contributed by atoms with van der Waals surface area (Å²) in [6.07, 6.45) is -1.66. The van der Waals surface area contributed by atoms with Gasteiger partial charge in [-0.25, -0.2) is 4.79 Å². The van der Waals surface area contributed by atoms with E-state index in [-0.39, 0.29) is 22.7 Å². The van der Waals surface area contributed by atoms with Crippen LogP contribution < -0.4 is 4.74 Å². The predicted octanol–water partition coefficient (Wildman–Crippen LogP) is 5.84. The van der Waals surface area contributed by atoms with Crippen LogP contribution in [0.5, 0.6) is 5.88 Å². The monoisotopic (exact) mass is 518 g/mol. The molecule has 0 bridgehead atoms. The molecular weight excluding hydrogens is 493 g/mol. The van der Waals surface area contributed by atoms with Gasteiger partial charge in [-0.3, -0.25) is 4.68 Å². The zero-order chi connectivity index (χ0) is 23.9. The lowest BCUT2D eigenvalue weighted by molar-refractivity contribution is -0.139. The van der Waals surface area contributed by atoms with Crippen LogP contribution in [0.15, 0.2) is 35.1 Å². The van der Waals surface area contributed by atoms with Gasteiger partial charge in [0.05, 0.1) is 20.5 Å². The standard InChI is InChI=1S/C22H26BrF3N2O4/c1-5-8-14(2)11-28-19(23)18(22(24,25)26)20(27-28)32-12-15-9-6-7-10-16(15)17(13-30-3)21(29)31-4/h6-7,9-10,13-14H,5,8,11-12H2,1-4H3/b17-13+. The maximum atomic E-state index is 13.7. The first-order valence-electron chi connectivity index (χ1n) is 9.99. The van der Waals surface area contributed by atoms with Crippen LogP contribution in [0.1, 0.15) is 43.4 Å². The quantitative estimate of drug-likeness (QED) is 0.224. The van der Waals surface area contributed by atoms with E-state index in [2.05, 4.69) is 21.0 Å². The van der Waals surface area contributed by atoms with E-state index in [1.807, 2.05) is 13.8 Å². The van der Waals surface area contributed by atoms with Gasteiger partial charge < -0.3 is 14.2 Å². The van der Waals surface area contributed by atoms with Gasteiger partial charge in [0.1, 0.15) is 16.8 Å². The molecule has 0 radical (unpaired) electrons.